The normalized spacial score (nSPS) is 58.7. The Morgan fingerprint density at radius 3 is 2.38 bits per heavy atom. The minimum Gasteiger partial charge on any atom is -0.390 e. The number of rotatable bonds is 0. The van der Waals surface area contributed by atoms with E-state index >= 15 is 0 Å². The Labute approximate surface area is 99.6 Å². The molecule has 0 saturated heterocycles. The lowest BCUT2D eigenvalue weighted by molar-refractivity contribution is -0.0302. The molecule has 0 heterocycles. The molecule has 0 spiro atoms. The first kappa shape index (κ1) is 11.1. The number of fused-ring (bicyclic) bond motifs is 3. The van der Waals surface area contributed by atoms with E-state index in [1.165, 1.54) is 19.3 Å². The van der Waals surface area contributed by atoms with E-state index in [2.05, 4.69) is 27.7 Å². The summed E-state index contributed by atoms with van der Waals surface area (Å²) in [4.78, 5) is 0. The molecule has 1 N–H and O–H groups in total. The number of aliphatic hydroxyl groups is 1. The molecule has 3 fully saturated rings. The van der Waals surface area contributed by atoms with Gasteiger partial charge < -0.3 is 5.11 Å². The molecule has 16 heavy (non-hydrogen) atoms. The van der Waals surface area contributed by atoms with E-state index in [9.17, 15) is 5.11 Å². The molecule has 1 nitrogen and oxygen atoms in total. The van der Waals surface area contributed by atoms with E-state index in [4.69, 9.17) is 0 Å². The molecule has 3 aliphatic rings. The summed E-state index contributed by atoms with van der Waals surface area (Å²) in [6.45, 7) is 9.41. The second-order valence-electron chi connectivity index (χ2n) is 7.59. The Morgan fingerprint density at radius 1 is 1.00 bits per heavy atom. The lowest BCUT2D eigenvalue weighted by Gasteiger charge is -2.35. The molecule has 6 atom stereocenters. The largest absolute Gasteiger partial charge is 0.390 e. The van der Waals surface area contributed by atoms with Crippen LogP contribution < -0.4 is 0 Å². The molecular weight excluding hydrogens is 196 g/mol. The summed E-state index contributed by atoms with van der Waals surface area (Å²) in [6, 6.07) is 0. The highest BCUT2D eigenvalue weighted by atomic mass is 16.3. The van der Waals surface area contributed by atoms with Gasteiger partial charge in [0.15, 0.2) is 0 Å². The van der Waals surface area contributed by atoms with Gasteiger partial charge in [0.2, 0.25) is 0 Å². The van der Waals surface area contributed by atoms with E-state index < -0.39 is 0 Å². The van der Waals surface area contributed by atoms with Crippen molar-refractivity contribution in [1.29, 1.82) is 0 Å². The second-order valence-corrected chi connectivity index (χ2v) is 7.59. The lowest BCUT2D eigenvalue weighted by atomic mass is 9.74. The first-order valence-corrected chi connectivity index (χ1v) is 7.08. The van der Waals surface area contributed by atoms with Gasteiger partial charge in [-0.1, -0.05) is 27.2 Å². The van der Waals surface area contributed by atoms with E-state index in [0.717, 1.165) is 30.1 Å². The smallest absolute Gasteiger partial charge is 0.0650 e. The van der Waals surface area contributed by atoms with Crippen molar-refractivity contribution in [3.05, 3.63) is 0 Å². The fourth-order valence-electron chi connectivity index (χ4n) is 5.29. The molecule has 0 radical (unpaired) electrons. The van der Waals surface area contributed by atoms with Crippen molar-refractivity contribution in [2.24, 2.45) is 35.0 Å². The molecule has 0 aromatic heterocycles. The van der Waals surface area contributed by atoms with Crippen molar-refractivity contribution in [3.63, 3.8) is 0 Å². The predicted octanol–water partition coefficient (Wildman–Crippen LogP) is 3.47. The molecule has 0 aromatic carbocycles. The van der Waals surface area contributed by atoms with Crippen LogP contribution in [-0.2, 0) is 0 Å². The van der Waals surface area contributed by atoms with Crippen LogP contribution in [0.5, 0.6) is 0 Å². The number of hydrogen-bond acceptors (Lipinski definition) is 1. The third-order valence-corrected chi connectivity index (χ3v) is 6.37. The van der Waals surface area contributed by atoms with Gasteiger partial charge in [0.05, 0.1) is 5.60 Å². The highest BCUT2D eigenvalue weighted by Crippen LogP contribution is 2.71. The van der Waals surface area contributed by atoms with Gasteiger partial charge in [-0.3, -0.25) is 0 Å². The maximum atomic E-state index is 10.7. The van der Waals surface area contributed by atoms with Crippen molar-refractivity contribution in [2.75, 3.05) is 0 Å². The van der Waals surface area contributed by atoms with Gasteiger partial charge in [0.25, 0.3) is 0 Å². The first-order chi connectivity index (χ1) is 7.36. The molecule has 3 rings (SSSR count). The first-order valence-electron chi connectivity index (χ1n) is 7.08. The van der Waals surface area contributed by atoms with Crippen LogP contribution in [0.3, 0.4) is 0 Å². The summed E-state index contributed by atoms with van der Waals surface area (Å²) in [7, 11) is 0. The zero-order valence-corrected chi connectivity index (χ0v) is 11.2. The van der Waals surface area contributed by atoms with Gasteiger partial charge in [0, 0.05) is 0 Å². The van der Waals surface area contributed by atoms with Crippen molar-refractivity contribution in [2.45, 2.75) is 59.0 Å². The summed E-state index contributed by atoms with van der Waals surface area (Å²) in [5.41, 5.74) is 0.191. The summed E-state index contributed by atoms with van der Waals surface area (Å²) < 4.78 is 0. The third kappa shape index (κ3) is 1.27. The van der Waals surface area contributed by atoms with Crippen molar-refractivity contribution < 1.29 is 5.11 Å². The SMILES string of the molecule is C[C@H]1CC[C@@H]2[C@@H]1[C@@H]1[C@H](CC[C@@]2(C)O)C1(C)C. The van der Waals surface area contributed by atoms with E-state index in [1.807, 2.05) is 0 Å². The number of hydrogen-bond donors (Lipinski definition) is 1. The van der Waals surface area contributed by atoms with Crippen LogP contribution in [0.2, 0.25) is 0 Å². The topological polar surface area (TPSA) is 20.2 Å². The van der Waals surface area contributed by atoms with Gasteiger partial charge in [0.1, 0.15) is 0 Å². The summed E-state index contributed by atoms with van der Waals surface area (Å²) in [6.07, 6.45) is 4.89. The zero-order valence-electron chi connectivity index (χ0n) is 11.2. The second kappa shape index (κ2) is 3.04. The highest BCUT2D eigenvalue weighted by molar-refractivity contribution is 5.14. The maximum Gasteiger partial charge on any atom is 0.0650 e. The van der Waals surface area contributed by atoms with E-state index in [-0.39, 0.29) is 5.60 Å². The van der Waals surface area contributed by atoms with Crippen molar-refractivity contribution in [1.82, 2.24) is 0 Å². The minimum absolute atomic E-state index is 0.376. The van der Waals surface area contributed by atoms with Gasteiger partial charge in [-0.25, -0.2) is 0 Å². The molecular formula is C15H26O. The van der Waals surface area contributed by atoms with Crippen LogP contribution in [0.25, 0.3) is 0 Å². The van der Waals surface area contributed by atoms with Crippen LogP contribution in [0.1, 0.15) is 53.4 Å². The minimum atomic E-state index is -0.376. The van der Waals surface area contributed by atoms with E-state index in [0.29, 0.717) is 11.3 Å². The highest BCUT2D eigenvalue weighted by Gasteiger charge is 2.66. The summed E-state index contributed by atoms with van der Waals surface area (Å²) in [5, 5.41) is 10.7. The molecule has 3 aliphatic carbocycles. The average molecular weight is 222 g/mol. The Balaban J connectivity index is 1.94. The molecule has 0 unspecified atom stereocenters. The van der Waals surface area contributed by atoms with Crippen LogP contribution in [-0.4, -0.2) is 10.7 Å². The quantitative estimate of drug-likeness (QED) is 0.665. The fraction of sp³-hybridized carbons (Fsp3) is 1.00. The van der Waals surface area contributed by atoms with Gasteiger partial charge in [-0.15, -0.1) is 0 Å². The van der Waals surface area contributed by atoms with Crippen LogP contribution >= 0.6 is 0 Å². The Hall–Kier alpha value is -0.0400. The zero-order chi connectivity index (χ0) is 11.7. The van der Waals surface area contributed by atoms with Crippen LogP contribution in [0.4, 0.5) is 0 Å². The summed E-state index contributed by atoms with van der Waals surface area (Å²) >= 11 is 0. The van der Waals surface area contributed by atoms with Crippen molar-refractivity contribution in [3.8, 4) is 0 Å². The predicted molar refractivity (Wildman–Crippen MR) is 66.0 cm³/mol. The standard InChI is InChI=1S/C15H26O/c1-9-5-6-10-12(9)13-11(14(13,2)3)7-8-15(10,4)16/h9-13,16H,5-8H2,1-4H3/t9-,10+,11-,12+,13-,15+/m0/s1. The molecule has 3 saturated carbocycles. The van der Waals surface area contributed by atoms with Crippen LogP contribution in [0, 0.1) is 35.0 Å². The molecule has 92 valence electrons. The van der Waals surface area contributed by atoms with Crippen molar-refractivity contribution >= 4 is 0 Å². The monoisotopic (exact) mass is 222 g/mol. The van der Waals surface area contributed by atoms with Gasteiger partial charge in [-0.05, 0) is 61.2 Å². The molecule has 0 amide bonds. The Kier molecular flexibility index (Phi) is 2.11. The fourth-order valence-corrected chi connectivity index (χ4v) is 5.29. The average Bonchev–Trinajstić information content (AvgIpc) is 2.51. The molecule has 0 bridgehead atoms. The Bertz CT molecular complexity index is 305. The Morgan fingerprint density at radius 2 is 1.69 bits per heavy atom. The lowest BCUT2D eigenvalue weighted by Crippen LogP contribution is -2.38. The van der Waals surface area contributed by atoms with Crippen LogP contribution in [0.15, 0.2) is 0 Å². The van der Waals surface area contributed by atoms with Gasteiger partial charge in [-0.2, -0.15) is 0 Å². The maximum absolute atomic E-state index is 10.7. The molecule has 0 aromatic rings. The van der Waals surface area contributed by atoms with E-state index in [1.54, 1.807) is 0 Å². The summed E-state index contributed by atoms with van der Waals surface area (Å²) in [5.74, 6) is 4.03. The third-order valence-electron chi connectivity index (χ3n) is 6.37. The van der Waals surface area contributed by atoms with Gasteiger partial charge >= 0.3 is 0 Å². The molecule has 0 aliphatic heterocycles. The molecule has 1 heteroatoms.